The molecule has 1 spiro atoms. The third-order valence-corrected chi connectivity index (χ3v) is 4.13. The van der Waals surface area contributed by atoms with Crippen molar-refractivity contribution in [1.82, 2.24) is 4.90 Å². The van der Waals surface area contributed by atoms with Crippen LogP contribution in [-0.2, 0) is 9.47 Å². The molecule has 0 atom stereocenters. The van der Waals surface area contributed by atoms with E-state index >= 15 is 0 Å². The number of anilines is 1. The van der Waals surface area contributed by atoms with Crippen LogP contribution in [0.5, 0.6) is 0 Å². The zero-order valence-corrected chi connectivity index (χ0v) is 12.4. The Hall–Kier alpha value is -1.59. The number of rotatable bonds is 1. The van der Waals surface area contributed by atoms with E-state index in [0.717, 1.165) is 38.2 Å². The van der Waals surface area contributed by atoms with Gasteiger partial charge in [-0.05, 0) is 25.5 Å². The molecule has 114 valence electrons. The quantitative estimate of drug-likeness (QED) is 0.865. The summed E-state index contributed by atoms with van der Waals surface area (Å²) in [6, 6.07) is 7.78. The summed E-state index contributed by atoms with van der Waals surface area (Å²) in [5, 5.41) is 2.94. The van der Waals surface area contributed by atoms with E-state index in [-0.39, 0.29) is 6.03 Å². The predicted octanol–water partition coefficient (Wildman–Crippen LogP) is 2.76. The SMILES string of the molecule is Cc1ccc(NC(=O)N2CCC3(CC2)OCCCO3)cc1. The molecule has 0 unspecified atom stereocenters. The van der Waals surface area contributed by atoms with E-state index in [1.54, 1.807) is 0 Å². The minimum atomic E-state index is -0.446. The fraction of sp³-hybridized carbons (Fsp3) is 0.562. The van der Waals surface area contributed by atoms with Gasteiger partial charge >= 0.3 is 6.03 Å². The van der Waals surface area contributed by atoms with Gasteiger partial charge in [0.15, 0.2) is 5.79 Å². The van der Waals surface area contributed by atoms with Crippen LogP contribution in [0.25, 0.3) is 0 Å². The average molecular weight is 290 g/mol. The van der Waals surface area contributed by atoms with Crippen molar-refractivity contribution in [3.63, 3.8) is 0 Å². The minimum absolute atomic E-state index is 0.0514. The third-order valence-electron chi connectivity index (χ3n) is 4.13. The molecule has 2 saturated heterocycles. The maximum absolute atomic E-state index is 12.3. The molecule has 0 aromatic heterocycles. The summed E-state index contributed by atoms with van der Waals surface area (Å²) in [7, 11) is 0. The number of amides is 2. The monoisotopic (exact) mass is 290 g/mol. The highest BCUT2D eigenvalue weighted by molar-refractivity contribution is 5.89. The molecule has 0 aliphatic carbocycles. The molecule has 2 heterocycles. The number of hydrogen-bond donors (Lipinski definition) is 1. The lowest BCUT2D eigenvalue weighted by molar-refractivity contribution is -0.281. The standard InChI is InChI=1S/C16H22N2O3/c1-13-3-5-14(6-4-13)17-15(19)18-9-7-16(8-10-18)20-11-2-12-21-16/h3-6H,2,7-12H2,1H3,(H,17,19). The number of aryl methyl sites for hydroxylation is 1. The summed E-state index contributed by atoms with van der Waals surface area (Å²) in [6.45, 7) is 4.88. The number of benzene rings is 1. The molecular weight excluding hydrogens is 268 g/mol. The van der Waals surface area contributed by atoms with Gasteiger partial charge in [0, 0.05) is 31.6 Å². The summed E-state index contributed by atoms with van der Waals surface area (Å²) >= 11 is 0. The van der Waals surface area contributed by atoms with Crippen LogP contribution in [0, 0.1) is 6.92 Å². The molecule has 2 amide bonds. The lowest BCUT2D eigenvalue weighted by Gasteiger charge is -2.43. The fourth-order valence-electron chi connectivity index (χ4n) is 2.80. The van der Waals surface area contributed by atoms with E-state index < -0.39 is 5.79 Å². The van der Waals surface area contributed by atoms with Crippen molar-refractivity contribution >= 4 is 11.7 Å². The Morgan fingerprint density at radius 3 is 2.38 bits per heavy atom. The van der Waals surface area contributed by atoms with Crippen molar-refractivity contribution < 1.29 is 14.3 Å². The Kier molecular flexibility index (Phi) is 4.12. The van der Waals surface area contributed by atoms with Gasteiger partial charge < -0.3 is 19.7 Å². The smallest absolute Gasteiger partial charge is 0.321 e. The molecule has 5 heteroatoms. The molecule has 1 aromatic carbocycles. The molecule has 21 heavy (non-hydrogen) atoms. The predicted molar refractivity (Wildman–Crippen MR) is 80.3 cm³/mol. The Morgan fingerprint density at radius 2 is 1.76 bits per heavy atom. The van der Waals surface area contributed by atoms with Crippen molar-refractivity contribution in [3.05, 3.63) is 29.8 Å². The van der Waals surface area contributed by atoms with Gasteiger partial charge in [0.1, 0.15) is 0 Å². The summed E-state index contributed by atoms with van der Waals surface area (Å²) in [6.07, 6.45) is 2.45. The number of urea groups is 1. The molecule has 2 aliphatic heterocycles. The van der Waals surface area contributed by atoms with Gasteiger partial charge in [-0.1, -0.05) is 17.7 Å². The van der Waals surface area contributed by atoms with E-state index in [2.05, 4.69) is 5.32 Å². The lowest BCUT2D eigenvalue weighted by Crippen LogP contribution is -2.52. The maximum Gasteiger partial charge on any atom is 0.321 e. The zero-order valence-electron chi connectivity index (χ0n) is 12.4. The third kappa shape index (κ3) is 3.36. The molecule has 0 saturated carbocycles. The second-order valence-corrected chi connectivity index (χ2v) is 5.74. The van der Waals surface area contributed by atoms with Crippen LogP contribution in [0.1, 0.15) is 24.8 Å². The first-order valence-electron chi connectivity index (χ1n) is 7.57. The van der Waals surface area contributed by atoms with Crippen LogP contribution in [0.2, 0.25) is 0 Å². The Bertz CT molecular complexity index is 485. The highest BCUT2D eigenvalue weighted by Crippen LogP contribution is 2.30. The summed E-state index contributed by atoms with van der Waals surface area (Å²) in [4.78, 5) is 14.1. The summed E-state index contributed by atoms with van der Waals surface area (Å²) < 4.78 is 11.6. The Morgan fingerprint density at radius 1 is 1.14 bits per heavy atom. The van der Waals surface area contributed by atoms with Crippen LogP contribution in [0.15, 0.2) is 24.3 Å². The number of piperidine rings is 1. The first kappa shape index (κ1) is 14.4. The number of carbonyl (C=O) groups is 1. The highest BCUT2D eigenvalue weighted by Gasteiger charge is 2.39. The van der Waals surface area contributed by atoms with E-state index in [1.807, 2.05) is 36.1 Å². The van der Waals surface area contributed by atoms with Crippen molar-refractivity contribution in [3.8, 4) is 0 Å². The van der Waals surface area contributed by atoms with E-state index in [4.69, 9.17) is 9.47 Å². The molecule has 2 fully saturated rings. The first-order valence-corrected chi connectivity index (χ1v) is 7.57. The minimum Gasteiger partial charge on any atom is -0.350 e. The Labute approximate surface area is 125 Å². The number of likely N-dealkylation sites (tertiary alicyclic amines) is 1. The normalized spacial score (nSPS) is 21.3. The van der Waals surface area contributed by atoms with E-state index in [0.29, 0.717) is 13.1 Å². The van der Waals surface area contributed by atoms with E-state index in [9.17, 15) is 4.79 Å². The number of carbonyl (C=O) groups excluding carboxylic acids is 1. The molecule has 3 rings (SSSR count). The Balaban J connectivity index is 1.54. The topological polar surface area (TPSA) is 50.8 Å². The van der Waals surface area contributed by atoms with Crippen LogP contribution in [0.4, 0.5) is 10.5 Å². The first-order chi connectivity index (χ1) is 10.2. The van der Waals surface area contributed by atoms with Crippen molar-refractivity contribution in [2.24, 2.45) is 0 Å². The van der Waals surface area contributed by atoms with Crippen LogP contribution in [-0.4, -0.2) is 43.0 Å². The summed E-state index contributed by atoms with van der Waals surface area (Å²) in [5.41, 5.74) is 2.01. The number of ether oxygens (including phenoxy) is 2. The maximum atomic E-state index is 12.3. The molecule has 0 radical (unpaired) electrons. The largest absolute Gasteiger partial charge is 0.350 e. The lowest BCUT2D eigenvalue weighted by atomic mass is 10.0. The highest BCUT2D eigenvalue weighted by atomic mass is 16.7. The molecule has 5 nitrogen and oxygen atoms in total. The molecule has 1 aromatic rings. The molecule has 1 N–H and O–H groups in total. The van der Waals surface area contributed by atoms with Crippen molar-refractivity contribution in [1.29, 1.82) is 0 Å². The van der Waals surface area contributed by atoms with E-state index in [1.165, 1.54) is 5.56 Å². The van der Waals surface area contributed by atoms with Crippen LogP contribution < -0.4 is 5.32 Å². The van der Waals surface area contributed by atoms with Crippen LogP contribution >= 0.6 is 0 Å². The second-order valence-electron chi connectivity index (χ2n) is 5.74. The summed E-state index contributed by atoms with van der Waals surface area (Å²) in [5.74, 6) is -0.446. The molecule has 0 bridgehead atoms. The van der Waals surface area contributed by atoms with Gasteiger partial charge in [-0.3, -0.25) is 0 Å². The second kappa shape index (κ2) is 6.03. The van der Waals surface area contributed by atoms with Gasteiger partial charge in [0.2, 0.25) is 0 Å². The van der Waals surface area contributed by atoms with Gasteiger partial charge in [-0.2, -0.15) is 0 Å². The average Bonchev–Trinajstić information content (AvgIpc) is 2.51. The number of hydrogen-bond acceptors (Lipinski definition) is 3. The zero-order chi connectivity index (χ0) is 14.7. The van der Waals surface area contributed by atoms with Crippen molar-refractivity contribution in [2.75, 3.05) is 31.6 Å². The number of nitrogens with one attached hydrogen (secondary N) is 1. The molecular formula is C16H22N2O3. The van der Waals surface area contributed by atoms with Gasteiger partial charge in [-0.15, -0.1) is 0 Å². The van der Waals surface area contributed by atoms with Gasteiger partial charge in [0.05, 0.1) is 13.2 Å². The molecule has 2 aliphatic rings. The van der Waals surface area contributed by atoms with Gasteiger partial charge in [-0.25, -0.2) is 4.79 Å². The van der Waals surface area contributed by atoms with Crippen molar-refractivity contribution in [2.45, 2.75) is 32.0 Å². The number of nitrogens with zero attached hydrogens (tertiary/aromatic N) is 1. The van der Waals surface area contributed by atoms with Crippen LogP contribution in [0.3, 0.4) is 0 Å². The van der Waals surface area contributed by atoms with Gasteiger partial charge in [0.25, 0.3) is 0 Å². The fourth-order valence-corrected chi connectivity index (χ4v) is 2.80.